The molecule has 1 saturated heterocycles. The van der Waals surface area contributed by atoms with Gasteiger partial charge in [-0.1, -0.05) is 24.3 Å². The number of β-amino-alcohol motifs (C(OH)–C–C–N with tert-alkyl or cyclic N) is 1. The minimum atomic E-state index is -0.744. The maximum Gasteiger partial charge on any atom is 0.272 e. The Kier molecular flexibility index (Phi) is 7.18. The van der Waals surface area contributed by atoms with Gasteiger partial charge in [-0.2, -0.15) is 0 Å². The number of hydrogen-bond donors (Lipinski definition) is 2. The number of likely N-dealkylation sites (tertiary alicyclic amines) is 1. The minimum absolute atomic E-state index is 0.0578. The number of halogens is 2. The smallest absolute Gasteiger partial charge is 0.272 e. The number of benzene rings is 2. The molecule has 0 saturated carbocycles. The molecule has 2 N–H and O–H groups in total. The van der Waals surface area contributed by atoms with E-state index in [1.165, 1.54) is 17.7 Å². The lowest BCUT2D eigenvalue weighted by molar-refractivity contribution is 0.0892. The molecule has 2 aromatic carbocycles. The van der Waals surface area contributed by atoms with E-state index in [9.17, 15) is 23.5 Å². The number of carbonyl (C=O) groups is 1. The molecule has 5 rings (SSSR count). The first-order valence-electron chi connectivity index (χ1n) is 12.6. The zero-order valence-electron chi connectivity index (χ0n) is 21.3. The van der Waals surface area contributed by atoms with Crippen molar-refractivity contribution in [3.8, 4) is 5.75 Å². The fourth-order valence-corrected chi connectivity index (χ4v) is 5.47. The van der Waals surface area contributed by atoms with Crippen molar-refractivity contribution >= 4 is 27.7 Å². The van der Waals surface area contributed by atoms with Crippen molar-refractivity contribution in [1.82, 2.24) is 19.4 Å². The number of rotatable bonds is 7. The van der Waals surface area contributed by atoms with E-state index in [1.54, 1.807) is 29.8 Å². The number of aliphatic hydroxyl groups excluding tert-OH is 1. The van der Waals surface area contributed by atoms with E-state index < -0.39 is 17.2 Å². The van der Waals surface area contributed by atoms with Gasteiger partial charge in [0.15, 0.2) is 11.4 Å². The van der Waals surface area contributed by atoms with Crippen molar-refractivity contribution in [3.63, 3.8) is 0 Å². The number of aryl methyl sites for hydroxylation is 1. The molecule has 0 radical (unpaired) electrons. The van der Waals surface area contributed by atoms with Crippen LogP contribution in [-0.2, 0) is 13.6 Å². The van der Waals surface area contributed by atoms with Gasteiger partial charge >= 0.3 is 0 Å². The summed E-state index contributed by atoms with van der Waals surface area (Å²) in [6.07, 6.45) is 1.48. The summed E-state index contributed by atoms with van der Waals surface area (Å²) in [5, 5.41) is 13.1. The molecule has 0 aliphatic carbocycles. The van der Waals surface area contributed by atoms with E-state index >= 15 is 0 Å². The number of piperidine rings is 1. The Morgan fingerprint density at radius 1 is 1.11 bits per heavy atom. The van der Waals surface area contributed by atoms with E-state index in [0.717, 1.165) is 38.1 Å². The van der Waals surface area contributed by atoms with Crippen molar-refractivity contribution in [3.05, 3.63) is 75.7 Å². The number of methoxy groups -OCH3 is 1. The van der Waals surface area contributed by atoms with Crippen LogP contribution < -0.4 is 15.6 Å². The number of para-hydroxylation sites is 1. The first-order chi connectivity index (χ1) is 18.3. The standard InChI is InChI=1S/C28H30F2N4O4/c1-32-24-18-6-3-4-9-22(18)34(16-19-20(29)7-5-8-21(19)30)28(37)23(24)26(38-2)25(32)27(36)31-17-10-12-33(13-11-17)14-15-35/h3-9,17,35H,10-16H2,1-2H3,(H,31,36). The molecular weight excluding hydrogens is 494 g/mol. The Hall–Kier alpha value is -3.76. The van der Waals surface area contributed by atoms with E-state index in [1.807, 2.05) is 6.07 Å². The molecule has 1 amide bonds. The largest absolute Gasteiger partial charge is 0.493 e. The van der Waals surface area contributed by atoms with Gasteiger partial charge in [0.05, 0.1) is 31.3 Å². The van der Waals surface area contributed by atoms with E-state index in [-0.39, 0.29) is 47.5 Å². The van der Waals surface area contributed by atoms with Gasteiger partial charge in [-0.05, 0) is 31.0 Å². The highest BCUT2D eigenvalue weighted by atomic mass is 19.1. The van der Waals surface area contributed by atoms with Crippen LogP contribution in [0.25, 0.3) is 21.8 Å². The predicted octanol–water partition coefficient (Wildman–Crippen LogP) is 3.01. The lowest BCUT2D eigenvalue weighted by Gasteiger charge is -2.31. The van der Waals surface area contributed by atoms with Gasteiger partial charge in [-0.15, -0.1) is 0 Å². The quantitative estimate of drug-likeness (QED) is 0.388. The zero-order valence-corrected chi connectivity index (χ0v) is 21.3. The molecule has 0 unspecified atom stereocenters. The summed E-state index contributed by atoms with van der Waals surface area (Å²) in [6.45, 7) is 1.91. The fourth-order valence-electron chi connectivity index (χ4n) is 5.47. The molecule has 8 nitrogen and oxygen atoms in total. The average molecular weight is 525 g/mol. The van der Waals surface area contributed by atoms with E-state index in [2.05, 4.69) is 10.2 Å². The Morgan fingerprint density at radius 2 is 1.79 bits per heavy atom. The van der Waals surface area contributed by atoms with Crippen molar-refractivity contribution in [2.24, 2.45) is 7.05 Å². The third kappa shape index (κ3) is 4.43. The minimum Gasteiger partial charge on any atom is -0.493 e. The number of aromatic nitrogens is 2. The maximum atomic E-state index is 14.5. The Balaban J connectivity index is 1.62. The normalized spacial score (nSPS) is 14.9. The average Bonchev–Trinajstić information content (AvgIpc) is 3.22. The molecule has 0 spiro atoms. The van der Waals surface area contributed by atoms with Crippen LogP contribution in [0.4, 0.5) is 8.78 Å². The van der Waals surface area contributed by atoms with Crippen molar-refractivity contribution in [2.45, 2.75) is 25.4 Å². The highest BCUT2D eigenvalue weighted by Crippen LogP contribution is 2.35. The number of carbonyl (C=O) groups excluding carboxylic acids is 1. The Labute approximate surface area is 218 Å². The van der Waals surface area contributed by atoms with Crippen LogP contribution in [0.3, 0.4) is 0 Å². The highest BCUT2D eigenvalue weighted by Gasteiger charge is 2.29. The number of aliphatic hydroxyl groups is 1. The van der Waals surface area contributed by atoms with Gasteiger partial charge < -0.3 is 29.2 Å². The van der Waals surface area contributed by atoms with Gasteiger partial charge in [0.1, 0.15) is 17.0 Å². The number of nitrogens with one attached hydrogen (secondary N) is 1. The Morgan fingerprint density at radius 3 is 2.45 bits per heavy atom. The van der Waals surface area contributed by atoms with Gasteiger partial charge in [0.2, 0.25) is 0 Å². The monoisotopic (exact) mass is 524 g/mol. The molecule has 1 aliphatic heterocycles. The molecule has 3 heterocycles. The molecule has 4 aromatic rings. The van der Waals surface area contributed by atoms with Crippen LogP contribution in [0.1, 0.15) is 28.9 Å². The molecule has 0 atom stereocenters. The number of nitrogens with zero attached hydrogens (tertiary/aromatic N) is 3. The van der Waals surface area contributed by atoms with Crippen LogP contribution in [-0.4, -0.2) is 64.4 Å². The summed E-state index contributed by atoms with van der Waals surface area (Å²) in [5.41, 5.74) is 0.469. The lowest BCUT2D eigenvalue weighted by Crippen LogP contribution is -2.45. The maximum absolute atomic E-state index is 14.5. The first-order valence-corrected chi connectivity index (χ1v) is 12.6. The molecule has 200 valence electrons. The number of pyridine rings is 1. The molecule has 0 bridgehead atoms. The number of fused-ring (bicyclic) bond motifs is 3. The highest BCUT2D eigenvalue weighted by molar-refractivity contribution is 6.12. The molecule has 1 aliphatic rings. The van der Waals surface area contributed by atoms with E-state index in [4.69, 9.17) is 4.74 Å². The SMILES string of the molecule is COc1c(C(=O)NC2CCN(CCO)CC2)n(C)c2c1c(=O)n(Cc1c(F)cccc1F)c1ccccc21. The third-order valence-corrected chi connectivity index (χ3v) is 7.39. The van der Waals surface area contributed by atoms with Gasteiger partial charge in [-0.3, -0.25) is 9.59 Å². The number of ether oxygens (including phenoxy) is 1. The van der Waals surface area contributed by atoms with Crippen LogP contribution in [0.2, 0.25) is 0 Å². The van der Waals surface area contributed by atoms with Crippen molar-refractivity contribution in [2.75, 3.05) is 33.4 Å². The predicted molar refractivity (Wildman–Crippen MR) is 141 cm³/mol. The third-order valence-electron chi connectivity index (χ3n) is 7.39. The molecule has 38 heavy (non-hydrogen) atoms. The molecule has 10 heteroatoms. The summed E-state index contributed by atoms with van der Waals surface area (Å²) >= 11 is 0. The van der Waals surface area contributed by atoms with Gasteiger partial charge in [-0.25, -0.2) is 8.78 Å². The summed E-state index contributed by atoms with van der Waals surface area (Å²) in [5.74, 6) is -1.73. The first kappa shape index (κ1) is 25.9. The summed E-state index contributed by atoms with van der Waals surface area (Å²) in [4.78, 5) is 29.6. The van der Waals surface area contributed by atoms with Crippen LogP contribution >= 0.6 is 0 Å². The van der Waals surface area contributed by atoms with Gasteiger partial charge in [0.25, 0.3) is 11.5 Å². The van der Waals surface area contributed by atoms with Gasteiger partial charge in [0, 0.05) is 43.7 Å². The van der Waals surface area contributed by atoms with E-state index in [0.29, 0.717) is 23.0 Å². The Bertz CT molecular complexity index is 1550. The summed E-state index contributed by atoms with van der Waals surface area (Å²) < 4.78 is 37.7. The fraction of sp³-hybridized carbons (Fsp3) is 0.357. The molecule has 1 fully saturated rings. The zero-order chi connectivity index (χ0) is 27.0. The molecular formula is C28H30F2N4O4. The summed E-state index contributed by atoms with van der Waals surface area (Å²) in [6, 6.07) is 10.6. The van der Waals surface area contributed by atoms with Crippen molar-refractivity contribution in [1.29, 1.82) is 0 Å². The van der Waals surface area contributed by atoms with Crippen LogP contribution in [0.5, 0.6) is 5.75 Å². The van der Waals surface area contributed by atoms with Crippen LogP contribution in [0, 0.1) is 11.6 Å². The number of amides is 1. The topological polar surface area (TPSA) is 88.7 Å². The summed E-state index contributed by atoms with van der Waals surface area (Å²) in [7, 11) is 3.10. The second kappa shape index (κ2) is 10.5. The lowest BCUT2D eigenvalue weighted by atomic mass is 10.0. The number of hydrogen-bond acceptors (Lipinski definition) is 5. The molecule has 2 aromatic heterocycles. The second-order valence-corrected chi connectivity index (χ2v) is 9.59. The van der Waals surface area contributed by atoms with Crippen molar-refractivity contribution < 1.29 is 23.4 Å². The second-order valence-electron chi connectivity index (χ2n) is 9.59. The van der Waals surface area contributed by atoms with Crippen LogP contribution in [0.15, 0.2) is 47.3 Å².